The molecule has 1 aromatic carbocycles. The monoisotopic (exact) mass is 368 g/mol. The van der Waals surface area contributed by atoms with E-state index in [1.54, 1.807) is 0 Å². The summed E-state index contributed by atoms with van der Waals surface area (Å²) < 4.78 is 23.1. The molecule has 0 radical (unpaired) electrons. The van der Waals surface area contributed by atoms with Gasteiger partial charge in [0.05, 0.1) is 6.61 Å². The van der Waals surface area contributed by atoms with Crippen molar-refractivity contribution in [1.29, 1.82) is 0 Å². The topological polar surface area (TPSA) is 77.4 Å². The molecule has 3 rings (SSSR count). The molecule has 6 atom stereocenters. The van der Waals surface area contributed by atoms with Crippen molar-refractivity contribution in [1.82, 2.24) is 0 Å². The lowest BCUT2D eigenvalue weighted by molar-refractivity contribution is -0.360. The molecule has 0 spiro atoms. The van der Waals surface area contributed by atoms with Gasteiger partial charge < -0.3 is 29.2 Å². The van der Waals surface area contributed by atoms with E-state index in [1.165, 1.54) is 0 Å². The molecule has 2 unspecified atom stereocenters. The number of ether oxygens (including phenoxy) is 4. The first-order valence-corrected chi connectivity index (χ1v) is 12.5. The van der Waals surface area contributed by atoms with E-state index in [0.717, 1.165) is 11.6 Å². The Labute approximate surface area is 149 Å². The van der Waals surface area contributed by atoms with Crippen LogP contribution in [-0.2, 0) is 18.9 Å². The third kappa shape index (κ3) is 4.68. The van der Waals surface area contributed by atoms with E-state index < -0.39 is 45.1 Å². The van der Waals surface area contributed by atoms with E-state index >= 15 is 0 Å². The number of rotatable bonds is 5. The lowest BCUT2D eigenvalue weighted by atomic mass is 9.98. The van der Waals surface area contributed by atoms with Crippen molar-refractivity contribution in [2.24, 2.45) is 0 Å². The molecule has 2 aliphatic heterocycles. The van der Waals surface area contributed by atoms with E-state index in [-0.39, 0.29) is 6.61 Å². The highest BCUT2D eigenvalue weighted by atomic mass is 28.3. The summed E-state index contributed by atoms with van der Waals surface area (Å²) in [5.74, 6) is 0. The normalized spacial score (nSPS) is 36.0. The summed E-state index contributed by atoms with van der Waals surface area (Å²) in [4.78, 5) is 0. The van der Waals surface area contributed by atoms with Crippen molar-refractivity contribution in [2.45, 2.75) is 62.7 Å². The number of hydrogen-bond donors (Lipinski definition) is 2. The predicted octanol–water partition coefficient (Wildman–Crippen LogP) is 1.90. The summed E-state index contributed by atoms with van der Waals surface area (Å²) in [6, 6.07) is 10.5. The highest BCUT2D eigenvalue weighted by molar-refractivity contribution is 6.76. The Morgan fingerprint density at radius 3 is 2.48 bits per heavy atom. The maximum atomic E-state index is 10.5. The molecule has 0 aromatic heterocycles. The SMILES string of the molecule is C[Si](C)(C)CCOC1O[C@@H]2COC(c3ccccc3)O[C@@H]2[C@H](O)[C@H]1O. The van der Waals surface area contributed by atoms with Crippen molar-refractivity contribution in [3.05, 3.63) is 35.9 Å². The molecular formula is C18H28O6Si. The maximum Gasteiger partial charge on any atom is 0.186 e. The van der Waals surface area contributed by atoms with Crippen LogP contribution < -0.4 is 0 Å². The van der Waals surface area contributed by atoms with E-state index in [0.29, 0.717) is 6.61 Å². The zero-order chi connectivity index (χ0) is 18.0. The molecule has 2 fully saturated rings. The van der Waals surface area contributed by atoms with Crippen LogP contribution in [0.3, 0.4) is 0 Å². The van der Waals surface area contributed by atoms with Crippen molar-refractivity contribution < 1.29 is 29.2 Å². The first-order chi connectivity index (χ1) is 11.8. The van der Waals surface area contributed by atoms with Crippen LogP contribution in [0.25, 0.3) is 0 Å². The molecule has 140 valence electrons. The summed E-state index contributed by atoms with van der Waals surface area (Å²) in [6.07, 6.45) is -4.76. The van der Waals surface area contributed by atoms with Gasteiger partial charge in [0.2, 0.25) is 0 Å². The fourth-order valence-corrected chi connectivity index (χ4v) is 3.71. The van der Waals surface area contributed by atoms with Gasteiger partial charge in [-0.2, -0.15) is 0 Å². The van der Waals surface area contributed by atoms with Crippen LogP contribution in [0.5, 0.6) is 0 Å². The number of aliphatic hydroxyl groups excluding tert-OH is 2. The number of aliphatic hydroxyl groups is 2. The van der Waals surface area contributed by atoms with Crippen LogP contribution >= 0.6 is 0 Å². The second-order valence-electron chi connectivity index (χ2n) is 7.88. The van der Waals surface area contributed by atoms with Gasteiger partial charge in [0.25, 0.3) is 0 Å². The van der Waals surface area contributed by atoms with E-state index in [9.17, 15) is 10.2 Å². The van der Waals surface area contributed by atoms with Gasteiger partial charge in [0.15, 0.2) is 12.6 Å². The number of benzene rings is 1. The molecule has 0 bridgehead atoms. The molecule has 2 N–H and O–H groups in total. The van der Waals surface area contributed by atoms with Crippen LogP contribution in [0.1, 0.15) is 11.9 Å². The average molecular weight is 369 g/mol. The van der Waals surface area contributed by atoms with Crippen molar-refractivity contribution in [3.8, 4) is 0 Å². The van der Waals surface area contributed by atoms with Gasteiger partial charge in [-0.05, 0) is 6.04 Å². The fourth-order valence-electron chi connectivity index (χ4n) is 2.98. The maximum absolute atomic E-state index is 10.5. The highest BCUT2D eigenvalue weighted by Gasteiger charge is 2.49. The molecule has 25 heavy (non-hydrogen) atoms. The Bertz CT molecular complexity index is 546. The van der Waals surface area contributed by atoms with E-state index in [1.807, 2.05) is 30.3 Å². The van der Waals surface area contributed by atoms with Crippen LogP contribution in [0.15, 0.2) is 30.3 Å². The molecular weight excluding hydrogens is 340 g/mol. The highest BCUT2D eigenvalue weighted by Crippen LogP contribution is 2.34. The minimum Gasteiger partial charge on any atom is -0.387 e. The van der Waals surface area contributed by atoms with Gasteiger partial charge in [-0.15, -0.1) is 0 Å². The van der Waals surface area contributed by atoms with Crippen LogP contribution in [-0.4, -0.2) is 62.2 Å². The van der Waals surface area contributed by atoms with Crippen molar-refractivity contribution >= 4 is 8.07 Å². The Hall–Kier alpha value is -0.803. The quantitative estimate of drug-likeness (QED) is 0.773. The molecule has 0 aliphatic carbocycles. The standard InChI is InChI=1S/C18H28O6Si/c1-25(2,3)10-9-21-18-15(20)14(19)16-13(23-18)11-22-17(24-16)12-7-5-4-6-8-12/h4-8,13-20H,9-11H2,1-3H3/t13-,14-,15-,16+,17?,18?/m1/s1. The van der Waals surface area contributed by atoms with Crippen molar-refractivity contribution in [2.75, 3.05) is 13.2 Å². The Kier molecular flexibility index (Phi) is 5.94. The predicted molar refractivity (Wildman–Crippen MR) is 94.8 cm³/mol. The first kappa shape index (κ1) is 19.0. The summed E-state index contributed by atoms with van der Waals surface area (Å²) >= 11 is 0. The summed E-state index contributed by atoms with van der Waals surface area (Å²) in [5.41, 5.74) is 0.871. The molecule has 6 nitrogen and oxygen atoms in total. The summed E-state index contributed by atoms with van der Waals surface area (Å²) in [7, 11) is -1.24. The fraction of sp³-hybridized carbons (Fsp3) is 0.667. The third-order valence-electron chi connectivity index (χ3n) is 4.54. The minimum atomic E-state index is -1.24. The molecule has 2 saturated heterocycles. The number of fused-ring (bicyclic) bond motifs is 1. The van der Waals surface area contributed by atoms with Gasteiger partial charge in [-0.25, -0.2) is 0 Å². The molecule has 2 heterocycles. The Morgan fingerprint density at radius 1 is 1.08 bits per heavy atom. The van der Waals surface area contributed by atoms with Crippen molar-refractivity contribution in [3.63, 3.8) is 0 Å². The lowest BCUT2D eigenvalue weighted by Crippen LogP contribution is -2.62. The Morgan fingerprint density at radius 2 is 1.80 bits per heavy atom. The van der Waals surface area contributed by atoms with Gasteiger partial charge in [0, 0.05) is 20.2 Å². The summed E-state index contributed by atoms with van der Waals surface area (Å²) in [5, 5.41) is 20.8. The second kappa shape index (κ2) is 7.83. The average Bonchev–Trinajstić information content (AvgIpc) is 2.59. The Balaban J connectivity index is 1.60. The van der Waals surface area contributed by atoms with E-state index in [4.69, 9.17) is 18.9 Å². The molecule has 2 aliphatic rings. The van der Waals surface area contributed by atoms with Crippen LogP contribution in [0.2, 0.25) is 25.7 Å². The smallest absolute Gasteiger partial charge is 0.186 e. The first-order valence-electron chi connectivity index (χ1n) is 8.80. The minimum absolute atomic E-state index is 0.280. The van der Waals surface area contributed by atoms with Crippen LogP contribution in [0.4, 0.5) is 0 Å². The second-order valence-corrected chi connectivity index (χ2v) is 13.5. The molecule has 1 aromatic rings. The molecule has 7 heteroatoms. The van der Waals surface area contributed by atoms with E-state index in [2.05, 4.69) is 19.6 Å². The van der Waals surface area contributed by atoms with Gasteiger partial charge in [-0.3, -0.25) is 0 Å². The van der Waals surface area contributed by atoms with Gasteiger partial charge in [0.1, 0.15) is 24.4 Å². The molecule has 0 saturated carbocycles. The largest absolute Gasteiger partial charge is 0.387 e. The third-order valence-corrected chi connectivity index (χ3v) is 6.24. The zero-order valence-electron chi connectivity index (χ0n) is 15.0. The van der Waals surface area contributed by atoms with Gasteiger partial charge in [-0.1, -0.05) is 50.0 Å². The number of hydrogen-bond acceptors (Lipinski definition) is 6. The van der Waals surface area contributed by atoms with Crippen LogP contribution in [0, 0.1) is 0 Å². The lowest BCUT2D eigenvalue weighted by Gasteiger charge is -2.46. The summed E-state index contributed by atoms with van der Waals surface area (Å²) in [6.45, 7) is 7.56. The zero-order valence-corrected chi connectivity index (χ0v) is 16.0. The molecule has 0 amide bonds. The van der Waals surface area contributed by atoms with Gasteiger partial charge >= 0.3 is 0 Å².